The van der Waals surface area contributed by atoms with Crippen molar-refractivity contribution in [3.8, 4) is 0 Å². The van der Waals surface area contributed by atoms with Gasteiger partial charge in [0, 0.05) is 26.1 Å². The van der Waals surface area contributed by atoms with E-state index >= 15 is 0 Å². The van der Waals surface area contributed by atoms with Crippen LogP contribution in [0.15, 0.2) is 6.33 Å². The van der Waals surface area contributed by atoms with Gasteiger partial charge in [-0.15, -0.1) is 0 Å². The molecule has 0 bridgehead atoms. The van der Waals surface area contributed by atoms with Crippen molar-refractivity contribution in [1.29, 1.82) is 0 Å². The molecule has 1 aliphatic rings. The first kappa shape index (κ1) is 16.4. The summed E-state index contributed by atoms with van der Waals surface area (Å²) in [6.45, 7) is 6.09. The van der Waals surface area contributed by atoms with Gasteiger partial charge < -0.3 is 10.1 Å². The molecule has 1 aromatic heterocycles. The molecular formula is C16H30N4O. The second-order valence-electron chi connectivity index (χ2n) is 5.96. The van der Waals surface area contributed by atoms with E-state index < -0.39 is 0 Å². The lowest BCUT2D eigenvalue weighted by atomic mass is 9.81. The summed E-state index contributed by atoms with van der Waals surface area (Å²) >= 11 is 0. The predicted octanol–water partition coefficient (Wildman–Crippen LogP) is 2.41. The predicted molar refractivity (Wildman–Crippen MR) is 84.2 cm³/mol. The molecule has 1 heterocycles. The number of aryl methyl sites for hydroxylation is 1. The molecule has 2 unspecified atom stereocenters. The molecule has 5 nitrogen and oxygen atoms in total. The lowest BCUT2D eigenvalue weighted by molar-refractivity contribution is 0.00800. The van der Waals surface area contributed by atoms with Gasteiger partial charge in [-0.3, -0.25) is 4.68 Å². The first-order valence-electron chi connectivity index (χ1n) is 8.43. The Morgan fingerprint density at radius 2 is 2.10 bits per heavy atom. The molecule has 5 heteroatoms. The van der Waals surface area contributed by atoms with Crippen LogP contribution in [0.2, 0.25) is 0 Å². The van der Waals surface area contributed by atoms with Crippen molar-refractivity contribution in [2.24, 2.45) is 5.92 Å². The van der Waals surface area contributed by atoms with Crippen molar-refractivity contribution in [3.63, 3.8) is 0 Å². The second-order valence-corrected chi connectivity index (χ2v) is 5.96. The summed E-state index contributed by atoms with van der Waals surface area (Å²) in [5.74, 6) is 1.73. The third-order valence-corrected chi connectivity index (χ3v) is 4.65. The first-order chi connectivity index (χ1) is 10.3. The van der Waals surface area contributed by atoms with Gasteiger partial charge in [0.15, 0.2) is 0 Å². The molecule has 0 aliphatic heterocycles. The van der Waals surface area contributed by atoms with Crippen LogP contribution in [0.5, 0.6) is 0 Å². The lowest BCUT2D eigenvalue weighted by Gasteiger charge is -2.35. The van der Waals surface area contributed by atoms with E-state index in [1.807, 2.05) is 11.8 Å². The average molecular weight is 294 g/mol. The van der Waals surface area contributed by atoms with E-state index in [1.165, 1.54) is 32.1 Å². The number of nitrogens with zero attached hydrogens (tertiary/aromatic N) is 3. The van der Waals surface area contributed by atoms with Crippen LogP contribution in [0.3, 0.4) is 0 Å². The maximum absolute atomic E-state index is 5.91. The largest absolute Gasteiger partial charge is 0.380 e. The molecule has 21 heavy (non-hydrogen) atoms. The van der Waals surface area contributed by atoms with Crippen molar-refractivity contribution in [1.82, 2.24) is 20.1 Å². The van der Waals surface area contributed by atoms with Gasteiger partial charge in [-0.05, 0) is 32.2 Å². The molecule has 120 valence electrons. The minimum Gasteiger partial charge on any atom is -0.380 e. The van der Waals surface area contributed by atoms with Crippen LogP contribution in [-0.2, 0) is 17.7 Å². The van der Waals surface area contributed by atoms with E-state index in [1.54, 1.807) is 6.33 Å². The van der Waals surface area contributed by atoms with E-state index in [2.05, 4.69) is 29.2 Å². The van der Waals surface area contributed by atoms with Gasteiger partial charge in [0.05, 0.1) is 6.10 Å². The Balaban J connectivity index is 2.07. The topological polar surface area (TPSA) is 52.0 Å². The molecule has 2 rings (SSSR count). The monoisotopic (exact) mass is 294 g/mol. The SMILES string of the molecule is CCNC(Cc1ncnn1CC)C(OC)C1CCCCC1. The lowest BCUT2D eigenvalue weighted by Crippen LogP contribution is -2.47. The van der Waals surface area contributed by atoms with Crippen LogP contribution in [0.1, 0.15) is 51.8 Å². The Morgan fingerprint density at radius 1 is 1.33 bits per heavy atom. The zero-order valence-electron chi connectivity index (χ0n) is 13.7. The number of hydrogen-bond donors (Lipinski definition) is 1. The van der Waals surface area contributed by atoms with Crippen LogP contribution < -0.4 is 5.32 Å². The quantitative estimate of drug-likeness (QED) is 0.800. The molecular weight excluding hydrogens is 264 g/mol. The minimum absolute atomic E-state index is 0.271. The molecule has 1 saturated carbocycles. The third-order valence-electron chi connectivity index (χ3n) is 4.65. The zero-order chi connectivity index (χ0) is 15.1. The van der Waals surface area contributed by atoms with Gasteiger partial charge in [-0.1, -0.05) is 26.2 Å². The van der Waals surface area contributed by atoms with Crippen LogP contribution in [0.4, 0.5) is 0 Å². The fourth-order valence-corrected chi connectivity index (χ4v) is 3.62. The summed E-state index contributed by atoms with van der Waals surface area (Å²) in [6, 6.07) is 0.317. The Morgan fingerprint density at radius 3 is 2.71 bits per heavy atom. The highest BCUT2D eigenvalue weighted by molar-refractivity contribution is 4.95. The molecule has 0 amide bonds. The van der Waals surface area contributed by atoms with Gasteiger partial charge >= 0.3 is 0 Å². The van der Waals surface area contributed by atoms with E-state index in [4.69, 9.17) is 4.74 Å². The Hall–Kier alpha value is -0.940. The van der Waals surface area contributed by atoms with Gasteiger partial charge in [0.1, 0.15) is 12.2 Å². The molecule has 1 aromatic rings. The molecule has 2 atom stereocenters. The number of likely N-dealkylation sites (N-methyl/N-ethyl adjacent to an activating group) is 1. The fraction of sp³-hybridized carbons (Fsp3) is 0.875. The average Bonchev–Trinajstić information content (AvgIpc) is 2.96. The summed E-state index contributed by atoms with van der Waals surface area (Å²) < 4.78 is 7.89. The summed E-state index contributed by atoms with van der Waals surface area (Å²) in [5, 5.41) is 7.90. The minimum atomic E-state index is 0.271. The van der Waals surface area contributed by atoms with Crippen molar-refractivity contribution in [2.45, 2.75) is 71.1 Å². The van der Waals surface area contributed by atoms with Crippen molar-refractivity contribution < 1.29 is 4.74 Å². The normalized spacial score (nSPS) is 19.6. The molecule has 1 fully saturated rings. The van der Waals surface area contributed by atoms with E-state index in [0.717, 1.165) is 25.3 Å². The number of aromatic nitrogens is 3. The smallest absolute Gasteiger partial charge is 0.138 e. The highest BCUT2D eigenvalue weighted by atomic mass is 16.5. The summed E-state index contributed by atoms with van der Waals surface area (Å²) in [7, 11) is 1.86. The van der Waals surface area contributed by atoms with Gasteiger partial charge in [-0.2, -0.15) is 5.10 Å². The first-order valence-corrected chi connectivity index (χ1v) is 8.43. The van der Waals surface area contributed by atoms with E-state index in [9.17, 15) is 0 Å². The summed E-state index contributed by atoms with van der Waals surface area (Å²) in [4.78, 5) is 4.43. The molecule has 0 spiro atoms. The van der Waals surface area contributed by atoms with Crippen LogP contribution >= 0.6 is 0 Å². The maximum Gasteiger partial charge on any atom is 0.138 e. The van der Waals surface area contributed by atoms with Crippen LogP contribution in [-0.4, -0.2) is 40.6 Å². The summed E-state index contributed by atoms with van der Waals surface area (Å²) in [6.07, 6.45) is 9.46. The Labute approximate surface area is 128 Å². The third kappa shape index (κ3) is 4.27. The van der Waals surface area contributed by atoms with Crippen molar-refractivity contribution in [2.75, 3.05) is 13.7 Å². The van der Waals surface area contributed by atoms with E-state index in [-0.39, 0.29) is 6.10 Å². The Kier molecular flexibility index (Phi) is 6.64. The number of hydrogen-bond acceptors (Lipinski definition) is 4. The maximum atomic E-state index is 5.91. The standard InChI is InChI=1S/C16H30N4O/c1-4-17-14(11-15-18-12-19-20(15)5-2)16(21-3)13-9-7-6-8-10-13/h12-14,16-17H,4-11H2,1-3H3. The summed E-state index contributed by atoms with van der Waals surface area (Å²) in [5.41, 5.74) is 0. The molecule has 1 aliphatic carbocycles. The molecule has 0 saturated heterocycles. The van der Waals surface area contributed by atoms with Gasteiger partial charge in [0.2, 0.25) is 0 Å². The number of nitrogens with one attached hydrogen (secondary N) is 1. The number of methoxy groups -OCH3 is 1. The number of ether oxygens (including phenoxy) is 1. The van der Waals surface area contributed by atoms with Gasteiger partial charge in [-0.25, -0.2) is 4.98 Å². The fourth-order valence-electron chi connectivity index (χ4n) is 3.62. The van der Waals surface area contributed by atoms with Crippen molar-refractivity contribution in [3.05, 3.63) is 12.2 Å². The highest BCUT2D eigenvalue weighted by Crippen LogP contribution is 2.30. The van der Waals surface area contributed by atoms with Crippen LogP contribution in [0.25, 0.3) is 0 Å². The number of rotatable bonds is 8. The Bertz CT molecular complexity index is 401. The van der Waals surface area contributed by atoms with Gasteiger partial charge in [0.25, 0.3) is 0 Å². The molecule has 1 N–H and O–H groups in total. The molecule has 0 radical (unpaired) electrons. The highest BCUT2D eigenvalue weighted by Gasteiger charge is 2.31. The van der Waals surface area contributed by atoms with E-state index in [0.29, 0.717) is 12.0 Å². The van der Waals surface area contributed by atoms with Crippen LogP contribution in [0, 0.1) is 5.92 Å². The zero-order valence-corrected chi connectivity index (χ0v) is 13.7. The second kappa shape index (κ2) is 8.49. The molecule has 0 aromatic carbocycles. The van der Waals surface area contributed by atoms with Crippen molar-refractivity contribution >= 4 is 0 Å².